The van der Waals surface area contributed by atoms with Crippen molar-refractivity contribution in [3.63, 3.8) is 0 Å². The number of nitrogens with two attached hydrogens (primary N) is 1. The van der Waals surface area contributed by atoms with E-state index in [1.807, 2.05) is 30.5 Å². The number of carbonyl (C=O) groups is 1. The molecular weight excluding hydrogens is 316 g/mol. The molecule has 2 atom stereocenters. The summed E-state index contributed by atoms with van der Waals surface area (Å²) in [5.41, 5.74) is 8.21. The van der Waals surface area contributed by atoms with Crippen LogP contribution in [0.15, 0.2) is 42.9 Å². The molecule has 2 amide bonds. The highest BCUT2D eigenvalue weighted by molar-refractivity contribution is 5.76. The fourth-order valence-corrected chi connectivity index (χ4v) is 3.85. The lowest BCUT2D eigenvalue weighted by Gasteiger charge is -2.47. The largest absolute Gasteiger partial charge is 0.351 e. The highest BCUT2D eigenvalue weighted by Gasteiger charge is 2.48. The minimum Gasteiger partial charge on any atom is -0.351 e. The number of urea groups is 1. The number of nitrogens with one attached hydrogen (secondary N) is 1. The Kier molecular flexibility index (Phi) is 3.63. The number of H-pyrrole nitrogens is 1. The van der Waals surface area contributed by atoms with Gasteiger partial charge in [0.05, 0.1) is 29.1 Å². The second-order valence-electron chi connectivity index (χ2n) is 6.68. The summed E-state index contributed by atoms with van der Waals surface area (Å²) in [6.07, 6.45) is 6.94. The summed E-state index contributed by atoms with van der Waals surface area (Å²) in [6.45, 7) is 2.76. The van der Waals surface area contributed by atoms with Crippen LogP contribution >= 0.6 is 0 Å². The highest BCUT2D eigenvalue weighted by Crippen LogP contribution is 2.44. The molecule has 3 N–H and O–H groups in total. The van der Waals surface area contributed by atoms with E-state index in [1.54, 1.807) is 17.3 Å². The Balaban J connectivity index is 1.97. The Labute approximate surface area is 145 Å². The Morgan fingerprint density at radius 1 is 1.32 bits per heavy atom. The summed E-state index contributed by atoms with van der Waals surface area (Å²) < 4.78 is 0. The minimum absolute atomic E-state index is 0.416. The normalized spacial score (nSPS) is 23.7. The van der Waals surface area contributed by atoms with Crippen molar-refractivity contribution in [2.24, 2.45) is 11.7 Å². The number of aromatic nitrogens is 4. The molecule has 0 saturated carbocycles. The standard InChI is InChI=1S/C18H20N6O/c1-12-6-7-24(17(19)25)18(8-12,13-9-21-22-10-13)16-11-20-14-4-2-3-5-15(14)23-16/h2-5,9-12H,6-8H2,1H3,(H2,19,25)(H,21,22). The van der Waals surface area contributed by atoms with E-state index in [2.05, 4.69) is 22.1 Å². The molecule has 7 heteroatoms. The number of primary amides is 1. The number of carbonyl (C=O) groups excluding carboxylic acids is 1. The van der Waals surface area contributed by atoms with Crippen LogP contribution in [0.2, 0.25) is 0 Å². The van der Waals surface area contributed by atoms with Crippen LogP contribution in [0.3, 0.4) is 0 Å². The van der Waals surface area contributed by atoms with Gasteiger partial charge in [0.2, 0.25) is 0 Å². The highest BCUT2D eigenvalue weighted by atomic mass is 16.2. The van der Waals surface area contributed by atoms with Gasteiger partial charge in [0, 0.05) is 18.3 Å². The quantitative estimate of drug-likeness (QED) is 0.750. The second kappa shape index (κ2) is 5.84. The first-order valence-electron chi connectivity index (χ1n) is 8.40. The zero-order chi connectivity index (χ0) is 17.4. The van der Waals surface area contributed by atoms with Gasteiger partial charge in [0.15, 0.2) is 0 Å². The van der Waals surface area contributed by atoms with Crippen molar-refractivity contribution >= 4 is 17.1 Å². The average Bonchev–Trinajstić information content (AvgIpc) is 3.16. The van der Waals surface area contributed by atoms with Crippen LogP contribution in [0.25, 0.3) is 11.0 Å². The van der Waals surface area contributed by atoms with Gasteiger partial charge in [-0.1, -0.05) is 19.1 Å². The molecule has 3 aromatic rings. The predicted octanol–water partition coefficient (Wildman–Crippen LogP) is 2.41. The van der Waals surface area contributed by atoms with E-state index in [-0.39, 0.29) is 0 Å². The van der Waals surface area contributed by atoms with E-state index in [0.717, 1.165) is 35.1 Å². The molecule has 3 heterocycles. The Bertz CT molecular complexity index is 909. The van der Waals surface area contributed by atoms with Crippen molar-refractivity contribution in [2.75, 3.05) is 6.54 Å². The molecule has 1 fully saturated rings. The number of hydrogen-bond donors (Lipinski definition) is 2. The maximum Gasteiger partial charge on any atom is 0.315 e. The number of likely N-dealkylation sites (tertiary alicyclic amines) is 1. The van der Waals surface area contributed by atoms with Gasteiger partial charge in [-0.3, -0.25) is 10.1 Å². The number of benzene rings is 1. The number of nitrogens with zero attached hydrogens (tertiary/aromatic N) is 4. The fraction of sp³-hybridized carbons (Fsp3) is 0.333. The molecule has 0 aliphatic carbocycles. The SMILES string of the molecule is CC1CCN(C(N)=O)C(c2cn[nH]c2)(c2cnc3ccccc3n2)C1. The molecule has 25 heavy (non-hydrogen) atoms. The molecule has 0 radical (unpaired) electrons. The van der Waals surface area contributed by atoms with E-state index < -0.39 is 11.6 Å². The van der Waals surface area contributed by atoms with Crippen LogP contribution in [-0.4, -0.2) is 37.6 Å². The van der Waals surface area contributed by atoms with Crippen LogP contribution in [-0.2, 0) is 5.54 Å². The Hall–Kier alpha value is -2.96. The van der Waals surface area contributed by atoms with Gasteiger partial charge in [-0.25, -0.2) is 9.78 Å². The number of piperidine rings is 1. The molecule has 0 bridgehead atoms. The van der Waals surface area contributed by atoms with Crippen LogP contribution < -0.4 is 5.73 Å². The van der Waals surface area contributed by atoms with Gasteiger partial charge in [0.25, 0.3) is 0 Å². The van der Waals surface area contributed by atoms with Gasteiger partial charge in [-0.15, -0.1) is 0 Å². The zero-order valence-electron chi connectivity index (χ0n) is 14.0. The first kappa shape index (κ1) is 15.6. The van der Waals surface area contributed by atoms with E-state index >= 15 is 0 Å². The monoisotopic (exact) mass is 336 g/mol. The van der Waals surface area contributed by atoms with Crippen LogP contribution in [0.4, 0.5) is 4.79 Å². The molecule has 2 aromatic heterocycles. The number of aromatic amines is 1. The van der Waals surface area contributed by atoms with Crippen LogP contribution in [0.1, 0.15) is 31.0 Å². The fourth-order valence-electron chi connectivity index (χ4n) is 3.85. The summed E-state index contributed by atoms with van der Waals surface area (Å²) in [4.78, 5) is 23.4. The third-order valence-corrected chi connectivity index (χ3v) is 5.06. The summed E-state index contributed by atoms with van der Waals surface area (Å²) in [7, 11) is 0. The lowest BCUT2D eigenvalue weighted by atomic mass is 9.75. The molecular formula is C18H20N6O. The Morgan fingerprint density at radius 2 is 2.12 bits per heavy atom. The topological polar surface area (TPSA) is 101 Å². The summed E-state index contributed by atoms with van der Waals surface area (Å²) >= 11 is 0. The van der Waals surface area contributed by atoms with Gasteiger partial charge in [-0.2, -0.15) is 5.10 Å². The molecule has 128 valence electrons. The van der Waals surface area contributed by atoms with Crippen molar-refractivity contribution in [1.29, 1.82) is 0 Å². The minimum atomic E-state index is -0.756. The maximum atomic E-state index is 12.3. The maximum absolute atomic E-state index is 12.3. The van der Waals surface area contributed by atoms with Gasteiger partial charge < -0.3 is 10.6 Å². The molecule has 2 unspecified atom stereocenters. The molecule has 1 aromatic carbocycles. The van der Waals surface area contributed by atoms with E-state index in [9.17, 15) is 4.79 Å². The number of fused-ring (bicyclic) bond motifs is 1. The van der Waals surface area contributed by atoms with E-state index in [0.29, 0.717) is 12.5 Å². The number of para-hydroxylation sites is 2. The molecule has 4 rings (SSSR count). The molecule has 1 aliphatic heterocycles. The molecule has 1 aliphatic rings. The van der Waals surface area contributed by atoms with Crippen molar-refractivity contribution in [2.45, 2.75) is 25.3 Å². The third kappa shape index (κ3) is 2.43. The van der Waals surface area contributed by atoms with E-state index in [4.69, 9.17) is 10.7 Å². The Morgan fingerprint density at radius 3 is 2.84 bits per heavy atom. The third-order valence-electron chi connectivity index (χ3n) is 5.06. The lowest BCUT2D eigenvalue weighted by Crippen LogP contribution is -2.56. The van der Waals surface area contributed by atoms with Crippen molar-refractivity contribution in [3.8, 4) is 0 Å². The van der Waals surface area contributed by atoms with Gasteiger partial charge >= 0.3 is 6.03 Å². The predicted molar refractivity (Wildman–Crippen MR) is 93.6 cm³/mol. The first-order chi connectivity index (χ1) is 12.1. The summed E-state index contributed by atoms with van der Waals surface area (Å²) in [5.74, 6) is 0.416. The average molecular weight is 336 g/mol. The summed E-state index contributed by atoms with van der Waals surface area (Å²) in [6, 6.07) is 7.26. The van der Waals surface area contributed by atoms with Crippen LogP contribution in [0.5, 0.6) is 0 Å². The number of hydrogen-bond acceptors (Lipinski definition) is 4. The van der Waals surface area contributed by atoms with Gasteiger partial charge in [-0.05, 0) is 30.9 Å². The van der Waals surface area contributed by atoms with Crippen molar-refractivity contribution in [3.05, 3.63) is 54.1 Å². The lowest BCUT2D eigenvalue weighted by molar-refractivity contribution is 0.0821. The zero-order valence-corrected chi connectivity index (χ0v) is 14.0. The molecule has 7 nitrogen and oxygen atoms in total. The first-order valence-corrected chi connectivity index (χ1v) is 8.40. The second-order valence-corrected chi connectivity index (χ2v) is 6.68. The number of rotatable bonds is 2. The smallest absolute Gasteiger partial charge is 0.315 e. The van der Waals surface area contributed by atoms with Crippen LogP contribution in [0, 0.1) is 5.92 Å². The molecule has 1 saturated heterocycles. The molecule has 0 spiro atoms. The van der Waals surface area contributed by atoms with Crippen molar-refractivity contribution in [1.82, 2.24) is 25.1 Å². The number of amides is 2. The van der Waals surface area contributed by atoms with Gasteiger partial charge in [0.1, 0.15) is 5.54 Å². The van der Waals surface area contributed by atoms with Crippen molar-refractivity contribution < 1.29 is 4.79 Å². The van der Waals surface area contributed by atoms with E-state index in [1.165, 1.54) is 0 Å². The summed E-state index contributed by atoms with van der Waals surface area (Å²) in [5, 5.41) is 6.95.